The number of para-hydroxylation sites is 1. The highest BCUT2D eigenvalue weighted by atomic mass is 19.1. The highest BCUT2D eigenvalue weighted by molar-refractivity contribution is 5.99. The lowest BCUT2D eigenvalue weighted by molar-refractivity contribution is -0.139. The standard InChI is InChI=1S/C18H13FN2O3/c19-15-3-1-2-4-16(15)21-11-13(9-17(21)22)18(23)24-14-7-5-12(10-20)6-8-14/h1-8,13H,9,11H2. The smallest absolute Gasteiger partial charge is 0.316 e. The Morgan fingerprint density at radius 3 is 2.58 bits per heavy atom. The third-order valence-electron chi connectivity index (χ3n) is 3.80. The third-order valence-corrected chi connectivity index (χ3v) is 3.80. The summed E-state index contributed by atoms with van der Waals surface area (Å²) < 4.78 is 19.1. The molecule has 6 heteroatoms. The van der Waals surface area contributed by atoms with Gasteiger partial charge in [-0.2, -0.15) is 5.26 Å². The number of halogens is 1. The van der Waals surface area contributed by atoms with E-state index in [1.54, 1.807) is 6.07 Å². The van der Waals surface area contributed by atoms with Crippen molar-refractivity contribution in [2.45, 2.75) is 6.42 Å². The molecular weight excluding hydrogens is 311 g/mol. The van der Waals surface area contributed by atoms with Crippen LogP contribution < -0.4 is 9.64 Å². The van der Waals surface area contributed by atoms with Crippen molar-refractivity contribution in [3.8, 4) is 11.8 Å². The fraction of sp³-hybridized carbons (Fsp3) is 0.167. The van der Waals surface area contributed by atoms with E-state index in [-0.39, 0.29) is 24.6 Å². The van der Waals surface area contributed by atoms with E-state index in [1.807, 2.05) is 6.07 Å². The molecule has 0 saturated carbocycles. The van der Waals surface area contributed by atoms with Crippen molar-refractivity contribution >= 4 is 17.6 Å². The van der Waals surface area contributed by atoms with E-state index in [0.29, 0.717) is 11.3 Å². The van der Waals surface area contributed by atoms with Gasteiger partial charge in [0.2, 0.25) is 5.91 Å². The number of carbonyl (C=O) groups excluding carboxylic acids is 2. The summed E-state index contributed by atoms with van der Waals surface area (Å²) >= 11 is 0. The monoisotopic (exact) mass is 324 g/mol. The number of rotatable bonds is 3. The number of benzene rings is 2. The number of hydrogen-bond acceptors (Lipinski definition) is 4. The minimum Gasteiger partial charge on any atom is -0.426 e. The molecule has 0 spiro atoms. The molecule has 1 heterocycles. The highest BCUT2D eigenvalue weighted by Crippen LogP contribution is 2.28. The predicted octanol–water partition coefficient (Wildman–Crippen LogP) is 2.66. The maximum Gasteiger partial charge on any atom is 0.316 e. The molecule has 0 aromatic heterocycles. The SMILES string of the molecule is N#Cc1ccc(OC(=O)C2CC(=O)N(c3ccccc3F)C2)cc1. The van der Waals surface area contributed by atoms with Crippen LogP contribution in [0.1, 0.15) is 12.0 Å². The van der Waals surface area contributed by atoms with Crippen molar-refractivity contribution in [1.82, 2.24) is 0 Å². The summed E-state index contributed by atoms with van der Waals surface area (Å²) in [6, 6.07) is 14.0. The van der Waals surface area contributed by atoms with Crippen LogP contribution in [0.15, 0.2) is 48.5 Å². The van der Waals surface area contributed by atoms with E-state index in [0.717, 1.165) is 0 Å². The number of anilines is 1. The molecule has 24 heavy (non-hydrogen) atoms. The quantitative estimate of drug-likeness (QED) is 0.643. The molecule has 1 fully saturated rings. The van der Waals surface area contributed by atoms with E-state index >= 15 is 0 Å². The van der Waals surface area contributed by atoms with Crippen LogP contribution in [0.3, 0.4) is 0 Å². The number of nitrogens with zero attached hydrogens (tertiary/aromatic N) is 2. The average Bonchev–Trinajstić information content (AvgIpc) is 2.98. The molecule has 1 saturated heterocycles. The van der Waals surface area contributed by atoms with Crippen LogP contribution >= 0.6 is 0 Å². The molecule has 0 aliphatic carbocycles. The van der Waals surface area contributed by atoms with Gasteiger partial charge in [0, 0.05) is 13.0 Å². The summed E-state index contributed by atoms with van der Waals surface area (Å²) in [6.45, 7) is 0.0783. The van der Waals surface area contributed by atoms with Gasteiger partial charge in [-0.1, -0.05) is 12.1 Å². The Morgan fingerprint density at radius 1 is 1.21 bits per heavy atom. The lowest BCUT2D eigenvalue weighted by Crippen LogP contribution is -2.28. The average molecular weight is 324 g/mol. The van der Waals surface area contributed by atoms with Crippen LogP contribution in [-0.2, 0) is 9.59 Å². The van der Waals surface area contributed by atoms with Gasteiger partial charge >= 0.3 is 5.97 Å². The molecule has 120 valence electrons. The zero-order valence-corrected chi connectivity index (χ0v) is 12.6. The molecule has 3 rings (SSSR count). The van der Waals surface area contributed by atoms with Crippen molar-refractivity contribution in [3.63, 3.8) is 0 Å². The fourth-order valence-corrected chi connectivity index (χ4v) is 2.57. The van der Waals surface area contributed by atoms with Crippen LogP contribution in [0, 0.1) is 23.1 Å². The number of amides is 1. The van der Waals surface area contributed by atoms with Gasteiger partial charge in [0.25, 0.3) is 0 Å². The van der Waals surface area contributed by atoms with Gasteiger partial charge in [-0.15, -0.1) is 0 Å². The summed E-state index contributed by atoms with van der Waals surface area (Å²) in [5.74, 6) is -1.73. The number of carbonyl (C=O) groups is 2. The minimum atomic E-state index is -0.659. The Hall–Kier alpha value is -3.20. The summed E-state index contributed by atoms with van der Waals surface area (Å²) in [5, 5.41) is 8.74. The Kier molecular flexibility index (Phi) is 4.25. The van der Waals surface area contributed by atoms with Crippen molar-refractivity contribution in [2.75, 3.05) is 11.4 Å². The van der Waals surface area contributed by atoms with Crippen LogP contribution in [0.25, 0.3) is 0 Å². The van der Waals surface area contributed by atoms with Crippen LogP contribution in [0.4, 0.5) is 10.1 Å². The lowest BCUT2D eigenvalue weighted by atomic mass is 10.1. The first-order chi connectivity index (χ1) is 11.6. The second-order valence-corrected chi connectivity index (χ2v) is 5.41. The largest absolute Gasteiger partial charge is 0.426 e. The molecule has 1 aliphatic heterocycles. The molecular formula is C18H13FN2O3. The van der Waals surface area contributed by atoms with E-state index in [4.69, 9.17) is 10.00 Å². The first-order valence-electron chi connectivity index (χ1n) is 7.35. The maximum atomic E-state index is 13.8. The molecule has 5 nitrogen and oxygen atoms in total. The van der Waals surface area contributed by atoms with E-state index in [2.05, 4.69) is 0 Å². The molecule has 2 aromatic rings. The molecule has 0 radical (unpaired) electrons. The summed E-state index contributed by atoms with van der Waals surface area (Å²) in [4.78, 5) is 25.6. The summed E-state index contributed by atoms with van der Waals surface area (Å²) in [5.41, 5.74) is 0.618. The first kappa shape index (κ1) is 15.7. The number of hydrogen-bond donors (Lipinski definition) is 0. The van der Waals surface area contributed by atoms with Crippen molar-refractivity contribution in [1.29, 1.82) is 5.26 Å². The van der Waals surface area contributed by atoms with Gasteiger partial charge < -0.3 is 9.64 Å². The minimum absolute atomic E-state index is 0.0244. The van der Waals surface area contributed by atoms with Gasteiger partial charge in [0.15, 0.2) is 0 Å². The van der Waals surface area contributed by atoms with Gasteiger partial charge in [-0.05, 0) is 36.4 Å². The molecule has 1 aliphatic rings. The van der Waals surface area contributed by atoms with E-state index < -0.39 is 17.7 Å². The second kappa shape index (κ2) is 6.50. The summed E-state index contributed by atoms with van der Waals surface area (Å²) in [6.07, 6.45) is -0.0244. The normalized spacial score (nSPS) is 16.8. The molecule has 2 aromatic carbocycles. The summed E-state index contributed by atoms with van der Waals surface area (Å²) in [7, 11) is 0. The lowest BCUT2D eigenvalue weighted by Gasteiger charge is -2.17. The fourth-order valence-electron chi connectivity index (χ4n) is 2.57. The van der Waals surface area contributed by atoms with E-state index in [1.165, 1.54) is 47.4 Å². The Balaban J connectivity index is 1.70. The Labute approximate surface area is 137 Å². The van der Waals surface area contributed by atoms with Gasteiger partial charge in [0.1, 0.15) is 11.6 Å². The Morgan fingerprint density at radius 2 is 1.92 bits per heavy atom. The van der Waals surface area contributed by atoms with E-state index in [9.17, 15) is 14.0 Å². The topological polar surface area (TPSA) is 70.4 Å². The Bertz CT molecular complexity index is 827. The molecule has 0 bridgehead atoms. The zero-order chi connectivity index (χ0) is 17.1. The molecule has 1 amide bonds. The predicted molar refractivity (Wildman–Crippen MR) is 83.7 cm³/mol. The molecule has 1 atom stereocenters. The van der Waals surface area contributed by atoms with Crippen molar-refractivity contribution in [2.24, 2.45) is 5.92 Å². The van der Waals surface area contributed by atoms with Gasteiger partial charge in [-0.25, -0.2) is 4.39 Å². The van der Waals surface area contributed by atoms with Gasteiger partial charge in [-0.3, -0.25) is 9.59 Å². The van der Waals surface area contributed by atoms with Crippen LogP contribution in [0.2, 0.25) is 0 Å². The number of esters is 1. The van der Waals surface area contributed by atoms with Crippen LogP contribution in [-0.4, -0.2) is 18.4 Å². The molecule has 0 N–H and O–H groups in total. The number of ether oxygens (including phenoxy) is 1. The first-order valence-corrected chi connectivity index (χ1v) is 7.35. The number of nitriles is 1. The maximum absolute atomic E-state index is 13.8. The second-order valence-electron chi connectivity index (χ2n) is 5.41. The highest BCUT2D eigenvalue weighted by Gasteiger charge is 2.37. The van der Waals surface area contributed by atoms with Crippen molar-refractivity contribution < 1.29 is 18.7 Å². The van der Waals surface area contributed by atoms with Gasteiger partial charge in [0.05, 0.1) is 23.2 Å². The molecule has 1 unspecified atom stereocenters. The van der Waals surface area contributed by atoms with Crippen molar-refractivity contribution in [3.05, 3.63) is 59.9 Å². The third kappa shape index (κ3) is 3.10. The van der Waals surface area contributed by atoms with Crippen LogP contribution in [0.5, 0.6) is 5.75 Å². The zero-order valence-electron chi connectivity index (χ0n) is 12.6.